The Labute approximate surface area is 121 Å². The van der Waals surface area contributed by atoms with Crippen molar-refractivity contribution in [2.45, 2.75) is 19.4 Å². The van der Waals surface area contributed by atoms with Crippen LogP contribution in [0.4, 0.5) is 5.82 Å². The Balaban J connectivity index is 1.99. The first-order chi connectivity index (χ1) is 9.85. The van der Waals surface area contributed by atoms with Crippen LogP contribution in [0.5, 0.6) is 0 Å². The standard InChI is InChI=1S/C15H25N3O2/c1-20-9-7-16-10-14-5-2-6-17-15(14)18-8-3-4-13(11-18)12-19/h2,5-6,13,16,19H,3-4,7-12H2,1H3. The molecule has 1 fully saturated rings. The number of ether oxygens (including phenoxy) is 1. The van der Waals surface area contributed by atoms with E-state index in [2.05, 4.69) is 21.3 Å². The zero-order valence-corrected chi connectivity index (χ0v) is 12.2. The summed E-state index contributed by atoms with van der Waals surface area (Å²) in [6, 6.07) is 4.09. The number of pyridine rings is 1. The number of aliphatic hydroxyl groups excluding tert-OH is 1. The Morgan fingerprint density at radius 3 is 3.25 bits per heavy atom. The first-order valence-corrected chi connectivity index (χ1v) is 7.34. The number of nitrogens with one attached hydrogen (secondary N) is 1. The van der Waals surface area contributed by atoms with Gasteiger partial charge in [0.1, 0.15) is 5.82 Å². The van der Waals surface area contributed by atoms with Gasteiger partial charge in [-0.3, -0.25) is 0 Å². The van der Waals surface area contributed by atoms with Gasteiger partial charge in [-0.05, 0) is 24.8 Å². The largest absolute Gasteiger partial charge is 0.396 e. The molecule has 0 saturated carbocycles. The number of hydrogen-bond acceptors (Lipinski definition) is 5. The van der Waals surface area contributed by atoms with Crippen LogP contribution in [0.1, 0.15) is 18.4 Å². The van der Waals surface area contributed by atoms with Crippen molar-refractivity contribution in [2.24, 2.45) is 5.92 Å². The Morgan fingerprint density at radius 1 is 1.55 bits per heavy atom. The summed E-state index contributed by atoms with van der Waals surface area (Å²) < 4.78 is 5.04. The number of aliphatic hydroxyl groups is 1. The van der Waals surface area contributed by atoms with E-state index in [1.165, 1.54) is 5.56 Å². The summed E-state index contributed by atoms with van der Waals surface area (Å²) in [4.78, 5) is 6.85. The van der Waals surface area contributed by atoms with E-state index in [0.717, 1.165) is 44.8 Å². The average Bonchev–Trinajstić information content (AvgIpc) is 2.52. The molecule has 0 radical (unpaired) electrons. The van der Waals surface area contributed by atoms with Crippen molar-refractivity contribution in [3.8, 4) is 0 Å². The van der Waals surface area contributed by atoms with Gasteiger partial charge < -0.3 is 20.1 Å². The van der Waals surface area contributed by atoms with Crippen LogP contribution < -0.4 is 10.2 Å². The van der Waals surface area contributed by atoms with Crippen molar-refractivity contribution in [2.75, 3.05) is 44.9 Å². The predicted molar refractivity (Wildman–Crippen MR) is 79.8 cm³/mol. The molecule has 0 aromatic carbocycles. The highest BCUT2D eigenvalue weighted by Crippen LogP contribution is 2.24. The molecule has 5 heteroatoms. The summed E-state index contributed by atoms with van der Waals surface area (Å²) in [6.45, 7) is 4.55. The van der Waals surface area contributed by atoms with Gasteiger partial charge in [-0.25, -0.2) is 4.98 Å². The third-order valence-corrected chi connectivity index (χ3v) is 3.74. The molecule has 112 valence electrons. The second-order valence-electron chi connectivity index (χ2n) is 5.29. The van der Waals surface area contributed by atoms with E-state index < -0.39 is 0 Å². The van der Waals surface area contributed by atoms with E-state index >= 15 is 0 Å². The first kappa shape index (κ1) is 15.2. The fourth-order valence-corrected chi connectivity index (χ4v) is 2.66. The van der Waals surface area contributed by atoms with Crippen LogP contribution in [0.25, 0.3) is 0 Å². The highest BCUT2D eigenvalue weighted by atomic mass is 16.5. The molecule has 1 aromatic rings. The molecule has 20 heavy (non-hydrogen) atoms. The number of aromatic nitrogens is 1. The van der Waals surface area contributed by atoms with Crippen LogP contribution in [0.3, 0.4) is 0 Å². The average molecular weight is 279 g/mol. The van der Waals surface area contributed by atoms with Crippen molar-refractivity contribution in [3.05, 3.63) is 23.9 Å². The summed E-state index contributed by atoms with van der Waals surface area (Å²) in [5, 5.41) is 12.7. The molecule has 1 aliphatic rings. The molecule has 0 spiro atoms. The zero-order valence-electron chi connectivity index (χ0n) is 12.2. The Morgan fingerprint density at radius 2 is 2.45 bits per heavy atom. The van der Waals surface area contributed by atoms with Gasteiger partial charge in [0.25, 0.3) is 0 Å². The molecular formula is C15H25N3O2. The summed E-state index contributed by atoms with van der Waals surface area (Å²) in [5.74, 6) is 1.43. The molecule has 2 N–H and O–H groups in total. The van der Waals surface area contributed by atoms with Crippen molar-refractivity contribution < 1.29 is 9.84 Å². The monoisotopic (exact) mass is 279 g/mol. The summed E-state index contributed by atoms with van der Waals surface area (Å²) in [6.07, 6.45) is 4.08. The number of methoxy groups -OCH3 is 1. The maximum Gasteiger partial charge on any atom is 0.133 e. The van der Waals surface area contributed by atoms with Crippen LogP contribution in [-0.4, -0.2) is 50.0 Å². The predicted octanol–water partition coefficient (Wildman–Crippen LogP) is 1.03. The van der Waals surface area contributed by atoms with E-state index in [1.807, 2.05) is 12.3 Å². The lowest BCUT2D eigenvalue weighted by atomic mass is 9.98. The minimum Gasteiger partial charge on any atom is -0.396 e. The third-order valence-electron chi connectivity index (χ3n) is 3.74. The van der Waals surface area contributed by atoms with Crippen LogP contribution in [-0.2, 0) is 11.3 Å². The molecule has 1 atom stereocenters. The Bertz CT molecular complexity index is 400. The highest BCUT2D eigenvalue weighted by molar-refractivity contribution is 5.47. The normalized spacial score (nSPS) is 19.3. The minimum atomic E-state index is 0.269. The number of anilines is 1. The third kappa shape index (κ3) is 4.16. The van der Waals surface area contributed by atoms with Crippen LogP contribution in [0, 0.1) is 5.92 Å². The van der Waals surface area contributed by atoms with Crippen LogP contribution in [0.15, 0.2) is 18.3 Å². The summed E-state index contributed by atoms with van der Waals surface area (Å²) in [5.41, 5.74) is 1.21. The molecule has 0 bridgehead atoms. The van der Waals surface area contributed by atoms with Crippen molar-refractivity contribution in [1.29, 1.82) is 0 Å². The van der Waals surface area contributed by atoms with Gasteiger partial charge in [-0.1, -0.05) is 6.07 Å². The summed E-state index contributed by atoms with van der Waals surface area (Å²) in [7, 11) is 1.71. The molecule has 1 unspecified atom stereocenters. The molecule has 1 aliphatic heterocycles. The van der Waals surface area contributed by atoms with Gasteiger partial charge in [-0.2, -0.15) is 0 Å². The topological polar surface area (TPSA) is 57.6 Å². The fraction of sp³-hybridized carbons (Fsp3) is 0.667. The number of nitrogens with zero attached hydrogens (tertiary/aromatic N) is 2. The van der Waals surface area contributed by atoms with E-state index in [-0.39, 0.29) is 6.61 Å². The van der Waals surface area contributed by atoms with Crippen molar-refractivity contribution in [3.63, 3.8) is 0 Å². The first-order valence-electron chi connectivity index (χ1n) is 7.34. The lowest BCUT2D eigenvalue weighted by Gasteiger charge is -2.33. The fourth-order valence-electron chi connectivity index (χ4n) is 2.66. The van der Waals surface area contributed by atoms with Crippen LogP contribution in [0.2, 0.25) is 0 Å². The second kappa shape index (κ2) is 8.19. The van der Waals surface area contributed by atoms with Gasteiger partial charge in [0, 0.05) is 51.7 Å². The number of rotatable bonds is 7. The molecule has 0 aliphatic carbocycles. The number of piperidine rings is 1. The number of hydrogen-bond donors (Lipinski definition) is 2. The van der Waals surface area contributed by atoms with Crippen LogP contribution >= 0.6 is 0 Å². The lowest BCUT2D eigenvalue weighted by Crippen LogP contribution is -2.38. The highest BCUT2D eigenvalue weighted by Gasteiger charge is 2.21. The van der Waals surface area contributed by atoms with E-state index in [4.69, 9.17) is 4.74 Å². The second-order valence-corrected chi connectivity index (χ2v) is 5.29. The van der Waals surface area contributed by atoms with Crippen molar-refractivity contribution in [1.82, 2.24) is 10.3 Å². The van der Waals surface area contributed by atoms with Gasteiger partial charge in [0.2, 0.25) is 0 Å². The zero-order chi connectivity index (χ0) is 14.2. The Kier molecular flexibility index (Phi) is 6.24. The van der Waals surface area contributed by atoms with Gasteiger partial charge >= 0.3 is 0 Å². The lowest BCUT2D eigenvalue weighted by molar-refractivity contribution is 0.199. The maximum atomic E-state index is 9.35. The van der Waals surface area contributed by atoms with E-state index in [9.17, 15) is 5.11 Å². The summed E-state index contributed by atoms with van der Waals surface area (Å²) >= 11 is 0. The molecule has 2 heterocycles. The minimum absolute atomic E-state index is 0.269. The molecule has 2 rings (SSSR count). The van der Waals surface area contributed by atoms with Gasteiger partial charge in [0.05, 0.1) is 6.61 Å². The smallest absolute Gasteiger partial charge is 0.133 e. The van der Waals surface area contributed by atoms with E-state index in [0.29, 0.717) is 12.5 Å². The molecular weight excluding hydrogens is 254 g/mol. The van der Waals surface area contributed by atoms with Gasteiger partial charge in [-0.15, -0.1) is 0 Å². The SMILES string of the molecule is COCCNCc1cccnc1N1CCCC(CO)C1. The maximum absolute atomic E-state index is 9.35. The molecule has 5 nitrogen and oxygen atoms in total. The quantitative estimate of drug-likeness (QED) is 0.730. The van der Waals surface area contributed by atoms with E-state index in [1.54, 1.807) is 7.11 Å². The molecule has 1 saturated heterocycles. The molecule has 1 aromatic heterocycles. The van der Waals surface area contributed by atoms with Gasteiger partial charge in [0.15, 0.2) is 0 Å². The molecule has 0 amide bonds. The van der Waals surface area contributed by atoms with Crippen molar-refractivity contribution >= 4 is 5.82 Å². The Hall–Kier alpha value is -1.17.